The Kier molecular flexibility index (Phi) is 5.28. The highest BCUT2D eigenvalue weighted by Crippen LogP contribution is 2.27. The first-order valence-electron chi connectivity index (χ1n) is 8.07. The molecule has 0 aliphatic carbocycles. The fourth-order valence-corrected chi connectivity index (χ4v) is 2.52. The van der Waals surface area contributed by atoms with Crippen molar-refractivity contribution < 1.29 is 18.8 Å². The molecular formula is C20H15N3O4. The Morgan fingerprint density at radius 1 is 1.15 bits per heavy atom. The van der Waals surface area contributed by atoms with Gasteiger partial charge in [-0.2, -0.15) is 5.26 Å². The minimum absolute atomic E-state index is 0.247. The number of amides is 1. The van der Waals surface area contributed by atoms with Crippen molar-refractivity contribution in [2.45, 2.75) is 6.92 Å². The maximum absolute atomic E-state index is 12.5. The van der Waals surface area contributed by atoms with Gasteiger partial charge in [0, 0.05) is 11.6 Å². The van der Waals surface area contributed by atoms with Crippen LogP contribution in [0.15, 0.2) is 59.1 Å². The van der Waals surface area contributed by atoms with Crippen LogP contribution < -0.4 is 5.32 Å². The molecule has 0 spiro atoms. The molecule has 134 valence electrons. The molecule has 0 fully saturated rings. The van der Waals surface area contributed by atoms with E-state index < -0.39 is 18.5 Å². The van der Waals surface area contributed by atoms with E-state index in [0.29, 0.717) is 22.5 Å². The van der Waals surface area contributed by atoms with E-state index in [-0.39, 0.29) is 11.4 Å². The number of aryl methyl sites for hydroxylation is 1. The number of anilines is 1. The third-order valence-corrected chi connectivity index (χ3v) is 3.71. The average molecular weight is 361 g/mol. The molecule has 0 radical (unpaired) electrons. The monoisotopic (exact) mass is 361 g/mol. The fraction of sp³-hybridized carbons (Fsp3) is 0.100. The van der Waals surface area contributed by atoms with Gasteiger partial charge in [-0.3, -0.25) is 4.79 Å². The summed E-state index contributed by atoms with van der Waals surface area (Å²) < 4.78 is 9.96. The van der Waals surface area contributed by atoms with E-state index in [2.05, 4.69) is 16.5 Å². The predicted octanol–water partition coefficient (Wildman–Crippen LogP) is 3.32. The lowest BCUT2D eigenvalue weighted by atomic mass is 9.96. The summed E-state index contributed by atoms with van der Waals surface area (Å²) >= 11 is 0. The number of hydrogen-bond donors (Lipinski definition) is 1. The summed E-state index contributed by atoms with van der Waals surface area (Å²) in [6.07, 6.45) is 0. The van der Waals surface area contributed by atoms with E-state index in [1.165, 1.54) is 0 Å². The SMILES string of the molecule is Cc1cc(NC(=O)COC(=O)c2ccccc2-c2ccccc2C#N)no1. The van der Waals surface area contributed by atoms with Crippen molar-refractivity contribution in [1.29, 1.82) is 5.26 Å². The molecule has 7 nitrogen and oxygen atoms in total. The van der Waals surface area contributed by atoms with E-state index >= 15 is 0 Å². The molecule has 1 N–H and O–H groups in total. The molecule has 0 aliphatic rings. The van der Waals surface area contributed by atoms with Crippen LogP contribution in [0, 0.1) is 18.3 Å². The quantitative estimate of drug-likeness (QED) is 0.699. The number of rotatable bonds is 5. The maximum Gasteiger partial charge on any atom is 0.339 e. The average Bonchev–Trinajstić information content (AvgIpc) is 3.10. The summed E-state index contributed by atoms with van der Waals surface area (Å²) in [6, 6.07) is 17.4. The lowest BCUT2D eigenvalue weighted by Crippen LogP contribution is -2.21. The summed E-state index contributed by atoms with van der Waals surface area (Å²) in [5.74, 6) is -0.402. The zero-order valence-corrected chi connectivity index (χ0v) is 14.4. The molecule has 27 heavy (non-hydrogen) atoms. The summed E-state index contributed by atoms with van der Waals surface area (Å²) in [6.45, 7) is 1.22. The van der Waals surface area contributed by atoms with Gasteiger partial charge in [0.15, 0.2) is 12.4 Å². The van der Waals surface area contributed by atoms with Gasteiger partial charge in [-0.1, -0.05) is 41.6 Å². The van der Waals surface area contributed by atoms with Gasteiger partial charge in [0.25, 0.3) is 5.91 Å². The Bertz CT molecular complexity index is 1030. The van der Waals surface area contributed by atoms with Gasteiger partial charge in [0.2, 0.25) is 0 Å². The van der Waals surface area contributed by atoms with Gasteiger partial charge in [0.1, 0.15) is 5.76 Å². The van der Waals surface area contributed by atoms with Crippen molar-refractivity contribution in [3.05, 3.63) is 71.5 Å². The minimum Gasteiger partial charge on any atom is -0.452 e. The highest BCUT2D eigenvalue weighted by atomic mass is 16.5. The van der Waals surface area contributed by atoms with Crippen LogP contribution in [-0.4, -0.2) is 23.6 Å². The molecule has 3 rings (SSSR count). The van der Waals surface area contributed by atoms with Gasteiger partial charge < -0.3 is 14.6 Å². The summed E-state index contributed by atoms with van der Waals surface area (Å²) in [4.78, 5) is 24.4. The number of hydrogen-bond acceptors (Lipinski definition) is 6. The maximum atomic E-state index is 12.5. The Morgan fingerprint density at radius 3 is 2.56 bits per heavy atom. The van der Waals surface area contributed by atoms with E-state index in [0.717, 1.165) is 0 Å². The van der Waals surface area contributed by atoms with Crippen LogP contribution in [-0.2, 0) is 9.53 Å². The Balaban J connectivity index is 1.74. The van der Waals surface area contributed by atoms with E-state index in [9.17, 15) is 14.9 Å². The summed E-state index contributed by atoms with van der Waals surface area (Å²) in [7, 11) is 0. The van der Waals surface area contributed by atoms with Crippen LogP contribution in [0.2, 0.25) is 0 Å². The van der Waals surface area contributed by atoms with Gasteiger partial charge in [0.05, 0.1) is 17.2 Å². The third-order valence-electron chi connectivity index (χ3n) is 3.71. The minimum atomic E-state index is -0.662. The Hall–Kier alpha value is -3.92. The number of carbonyl (C=O) groups is 2. The highest BCUT2D eigenvalue weighted by molar-refractivity contribution is 6.00. The molecule has 2 aromatic carbocycles. The van der Waals surface area contributed by atoms with Crippen LogP contribution >= 0.6 is 0 Å². The van der Waals surface area contributed by atoms with Crippen LogP contribution in [0.5, 0.6) is 0 Å². The lowest BCUT2D eigenvalue weighted by molar-refractivity contribution is -0.119. The zero-order valence-electron chi connectivity index (χ0n) is 14.4. The van der Waals surface area contributed by atoms with Crippen molar-refractivity contribution in [1.82, 2.24) is 5.16 Å². The number of ether oxygens (including phenoxy) is 1. The molecule has 0 atom stereocenters. The molecule has 7 heteroatoms. The fourth-order valence-electron chi connectivity index (χ4n) is 2.52. The molecular weight excluding hydrogens is 346 g/mol. The molecule has 0 bridgehead atoms. The van der Waals surface area contributed by atoms with Crippen LogP contribution in [0.25, 0.3) is 11.1 Å². The molecule has 0 aliphatic heterocycles. The second-order valence-corrected chi connectivity index (χ2v) is 5.65. The van der Waals surface area contributed by atoms with Crippen LogP contribution in [0.4, 0.5) is 5.82 Å². The molecule has 0 saturated heterocycles. The Labute approximate surface area is 155 Å². The first kappa shape index (κ1) is 17.9. The number of benzene rings is 2. The van der Waals surface area contributed by atoms with Crippen molar-refractivity contribution in [2.24, 2.45) is 0 Å². The topological polar surface area (TPSA) is 105 Å². The summed E-state index contributed by atoms with van der Waals surface area (Å²) in [5, 5.41) is 15.4. The van der Waals surface area contributed by atoms with E-state index in [1.807, 2.05) is 0 Å². The molecule has 0 saturated carbocycles. The number of esters is 1. The van der Waals surface area contributed by atoms with Gasteiger partial charge >= 0.3 is 5.97 Å². The van der Waals surface area contributed by atoms with E-state index in [1.54, 1.807) is 61.5 Å². The van der Waals surface area contributed by atoms with Crippen molar-refractivity contribution in [2.75, 3.05) is 11.9 Å². The van der Waals surface area contributed by atoms with Gasteiger partial charge in [-0.05, 0) is 24.6 Å². The van der Waals surface area contributed by atoms with Crippen molar-refractivity contribution >= 4 is 17.7 Å². The summed E-state index contributed by atoms with van der Waals surface area (Å²) in [5.41, 5.74) is 1.89. The molecule has 1 amide bonds. The van der Waals surface area contributed by atoms with E-state index in [4.69, 9.17) is 9.26 Å². The lowest BCUT2D eigenvalue weighted by Gasteiger charge is -2.10. The standard InChI is InChI=1S/C20H15N3O4/c1-13-10-18(23-27-13)22-19(24)12-26-20(25)17-9-5-4-8-16(17)15-7-3-2-6-14(15)11-21/h2-10H,12H2,1H3,(H,22,23,24). The molecule has 1 heterocycles. The molecule has 1 aromatic heterocycles. The molecule has 3 aromatic rings. The smallest absolute Gasteiger partial charge is 0.339 e. The van der Waals surface area contributed by atoms with Crippen LogP contribution in [0.3, 0.4) is 0 Å². The predicted molar refractivity (Wildman–Crippen MR) is 96.7 cm³/mol. The number of nitriles is 1. The van der Waals surface area contributed by atoms with Crippen LogP contribution in [0.1, 0.15) is 21.7 Å². The first-order chi connectivity index (χ1) is 13.1. The number of carbonyl (C=O) groups excluding carboxylic acids is 2. The normalized spacial score (nSPS) is 10.1. The second-order valence-electron chi connectivity index (χ2n) is 5.65. The molecule has 0 unspecified atom stereocenters. The zero-order chi connectivity index (χ0) is 19.2. The largest absolute Gasteiger partial charge is 0.452 e. The number of nitrogens with zero attached hydrogens (tertiary/aromatic N) is 2. The van der Waals surface area contributed by atoms with Gasteiger partial charge in [-0.25, -0.2) is 4.79 Å². The van der Waals surface area contributed by atoms with Crippen molar-refractivity contribution in [3.63, 3.8) is 0 Å². The number of aromatic nitrogens is 1. The third kappa shape index (κ3) is 4.19. The van der Waals surface area contributed by atoms with Crippen molar-refractivity contribution in [3.8, 4) is 17.2 Å². The highest BCUT2D eigenvalue weighted by Gasteiger charge is 2.17. The second kappa shape index (κ2) is 7.97. The number of nitrogens with one attached hydrogen (secondary N) is 1. The first-order valence-corrected chi connectivity index (χ1v) is 8.07. The Morgan fingerprint density at radius 2 is 1.85 bits per heavy atom. The van der Waals surface area contributed by atoms with Gasteiger partial charge in [-0.15, -0.1) is 0 Å².